The molecule has 1 aromatic heterocycles. The Morgan fingerprint density at radius 2 is 1.69 bits per heavy atom. The Morgan fingerprint density at radius 1 is 1.03 bits per heavy atom. The number of benzene rings is 2. The number of likely N-dealkylation sites (tertiary alicyclic amines) is 1. The molecule has 1 aliphatic heterocycles. The van der Waals surface area contributed by atoms with E-state index in [0.717, 1.165) is 36.9 Å². The number of H-pyrrole nitrogens is 1. The zero-order chi connectivity index (χ0) is 22.8. The molecule has 2 heterocycles. The van der Waals surface area contributed by atoms with E-state index in [1.54, 1.807) is 18.2 Å². The van der Waals surface area contributed by atoms with Gasteiger partial charge in [-0.05, 0) is 67.9 Å². The summed E-state index contributed by atoms with van der Waals surface area (Å²) in [6.07, 6.45) is 4.02. The van der Waals surface area contributed by atoms with Crippen molar-refractivity contribution in [2.45, 2.75) is 39.5 Å². The van der Waals surface area contributed by atoms with Crippen molar-refractivity contribution in [2.75, 3.05) is 13.1 Å². The molecular weight excluding hydrogens is 402 g/mol. The molecule has 0 radical (unpaired) electrons. The van der Waals surface area contributed by atoms with E-state index in [1.165, 1.54) is 11.1 Å². The molecule has 0 atom stereocenters. The maximum absolute atomic E-state index is 13.4. The summed E-state index contributed by atoms with van der Waals surface area (Å²) in [5.74, 6) is -1.23. The van der Waals surface area contributed by atoms with Gasteiger partial charge in [-0.2, -0.15) is 0 Å². The SMILES string of the molecule is CCc1ccc(CC2CCN(C(=O)c3c(C)[nH]c4ccc(C(=O)C(N)=O)cc34)CC2)cc1. The van der Waals surface area contributed by atoms with Gasteiger partial charge in [-0.3, -0.25) is 14.4 Å². The van der Waals surface area contributed by atoms with E-state index in [9.17, 15) is 14.4 Å². The molecule has 0 spiro atoms. The van der Waals surface area contributed by atoms with E-state index < -0.39 is 11.7 Å². The zero-order valence-electron chi connectivity index (χ0n) is 18.6. The number of rotatable bonds is 6. The summed E-state index contributed by atoms with van der Waals surface area (Å²) in [6.45, 7) is 5.44. The third-order valence-electron chi connectivity index (χ3n) is 6.54. The Labute approximate surface area is 187 Å². The summed E-state index contributed by atoms with van der Waals surface area (Å²) in [4.78, 5) is 41.8. The van der Waals surface area contributed by atoms with Crippen LogP contribution < -0.4 is 5.73 Å². The molecule has 1 aliphatic rings. The minimum atomic E-state index is -1.00. The molecule has 4 rings (SSSR count). The van der Waals surface area contributed by atoms with Crippen molar-refractivity contribution in [1.82, 2.24) is 9.88 Å². The van der Waals surface area contributed by atoms with E-state index in [4.69, 9.17) is 5.73 Å². The second-order valence-electron chi connectivity index (χ2n) is 8.69. The number of hydrogen-bond acceptors (Lipinski definition) is 3. The van der Waals surface area contributed by atoms with Crippen LogP contribution in [0, 0.1) is 12.8 Å². The fraction of sp³-hybridized carbons (Fsp3) is 0.346. The summed E-state index contributed by atoms with van der Waals surface area (Å²) in [6, 6.07) is 13.7. The first-order chi connectivity index (χ1) is 15.4. The number of nitrogens with zero attached hydrogens (tertiary/aromatic N) is 1. The van der Waals surface area contributed by atoms with Crippen LogP contribution in [0.5, 0.6) is 0 Å². The van der Waals surface area contributed by atoms with Crippen LogP contribution in [-0.4, -0.2) is 40.6 Å². The maximum Gasteiger partial charge on any atom is 0.289 e. The van der Waals surface area contributed by atoms with Gasteiger partial charge in [0.25, 0.3) is 11.8 Å². The summed E-state index contributed by atoms with van der Waals surface area (Å²) < 4.78 is 0. The Kier molecular flexibility index (Phi) is 6.12. The Balaban J connectivity index is 1.47. The maximum atomic E-state index is 13.4. The minimum Gasteiger partial charge on any atom is -0.363 e. The number of aryl methyl sites for hydroxylation is 2. The minimum absolute atomic E-state index is 0.0387. The first-order valence-electron chi connectivity index (χ1n) is 11.2. The molecule has 2 amide bonds. The number of aromatic nitrogens is 1. The summed E-state index contributed by atoms with van der Waals surface area (Å²) in [5, 5.41) is 0.651. The Hall–Kier alpha value is -3.41. The highest BCUT2D eigenvalue weighted by Crippen LogP contribution is 2.28. The van der Waals surface area contributed by atoms with Crippen molar-refractivity contribution in [3.05, 3.63) is 70.4 Å². The predicted molar refractivity (Wildman–Crippen MR) is 125 cm³/mol. The van der Waals surface area contributed by atoms with Gasteiger partial charge in [-0.15, -0.1) is 0 Å². The third-order valence-corrected chi connectivity index (χ3v) is 6.54. The van der Waals surface area contributed by atoms with Crippen LogP contribution in [0.1, 0.15) is 57.3 Å². The highest BCUT2D eigenvalue weighted by atomic mass is 16.2. The van der Waals surface area contributed by atoms with Gasteiger partial charge in [0.05, 0.1) is 5.56 Å². The average Bonchev–Trinajstić information content (AvgIpc) is 3.13. The van der Waals surface area contributed by atoms with Crippen molar-refractivity contribution in [3.63, 3.8) is 0 Å². The molecule has 1 fully saturated rings. The summed E-state index contributed by atoms with van der Waals surface area (Å²) in [5.41, 5.74) is 10.1. The lowest BCUT2D eigenvalue weighted by Gasteiger charge is -2.32. The summed E-state index contributed by atoms with van der Waals surface area (Å²) >= 11 is 0. The molecule has 3 N–H and O–H groups in total. The highest BCUT2D eigenvalue weighted by Gasteiger charge is 2.27. The highest BCUT2D eigenvalue weighted by molar-refractivity contribution is 6.42. The van der Waals surface area contributed by atoms with Crippen LogP contribution in [0.15, 0.2) is 42.5 Å². The molecule has 6 heteroatoms. The van der Waals surface area contributed by atoms with Crippen molar-refractivity contribution in [2.24, 2.45) is 11.7 Å². The van der Waals surface area contributed by atoms with Crippen LogP contribution in [0.25, 0.3) is 10.9 Å². The Bertz CT molecular complexity index is 1170. The molecule has 0 saturated carbocycles. The van der Waals surface area contributed by atoms with Gasteiger partial charge in [0.2, 0.25) is 5.78 Å². The van der Waals surface area contributed by atoms with E-state index in [1.807, 2.05) is 11.8 Å². The number of aromatic amines is 1. The zero-order valence-corrected chi connectivity index (χ0v) is 18.6. The molecule has 0 unspecified atom stereocenters. The molecule has 3 aromatic rings. The number of hydrogen-bond donors (Lipinski definition) is 2. The molecule has 1 saturated heterocycles. The third kappa shape index (κ3) is 4.31. The second-order valence-corrected chi connectivity index (χ2v) is 8.69. The van der Waals surface area contributed by atoms with Gasteiger partial charge in [0, 0.05) is 35.2 Å². The first-order valence-corrected chi connectivity index (χ1v) is 11.2. The van der Waals surface area contributed by atoms with Crippen LogP contribution >= 0.6 is 0 Å². The lowest BCUT2D eigenvalue weighted by atomic mass is 9.89. The van der Waals surface area contributed by atoms with Crippen molar-refractivity contribution in [3.8, 4) is 0 Å². The van der Waals surface area contributed by atoms with Gasteiger partial charge < -0.3 is 15.6 Å². The normalized spacial score (nSPS) is 14.6. The van der Waals surface area contributed by atoms with Crippen LogP contribution in [-0.2, 0) is 17.6 Å². The molecule has 0 bridgehead atoms. The van der Waals surface area contributed by atoms with E-state index in [2.05, 4.69) is 36.2 Å². The predicted octanol–water partition coefficient (Wildman–Crippen LogP) is 3.80. The number of ketones is 1. The van der Waals surface area contributed by atoms with E-state index in [0.29, 0.717) is 30.0 Å². The number of amides is 2. The smallest absolute Gasteiger partial charge is 0.289 e. The van der Waals surface area contributed by atoms with E-state index >= 15 is 0 Å². The largest absolute Gasteiger partial charge is 0.363 e. The average molecular weight is 432 g/mol. The van der Waals surface area contributed by atoms with E-state index in [-0.39, 0.29) is 11.5 Å². The van der Waals surface area contributed by atoms with Crippen molar-refractivity contribution >= 4 is 28.5 Å². The van der Waals surface area contributed by atoms with Gasteiger partial charge in [-0.25, -0.2) is 0 Å². The standard InChI is InChI=1S/C26H29N3O3/c1-3-17-4-6-18(7-5-17)14-19-10-12-29(13-11-19)26(32)23-16(2)28-22-9-8-20(15-21(22)23)24(30)25(27)31/h4-9,15,19,28H,3,10-14H2,1-2H3,(H2,27,31). The quantitative estimate of drug-likeness (QED) is 0.459. The van der Waals surface area contributed by atoms with Crippen molar-refractivity contribution < 1.29 is 14.4 Å². The summed E-state index contributed by atoms with van der Waals surface area (Å²) in [7, 11) is 0. The topological polar surface area (TPSA) is 96.3 Å². The van der Waals surface area contributed by atoms with Gasteiger partial charge in [0.1, 0.15) is 0 Å². The monoisotopic (exact) mass is 431 g/mol. The second kappa shape index (κ2) is 8.99. The first kappa shape index (κ1) is 21.8. The molecular formula is C26H29N3O3. The van der Waals surface area contributed by atoms with Crippen LogP contribution in [0.3, 0.4) is 0 Å². The number of carbonyl (C=O) groups is 3. The lowest BCUT2D eigenvalue weighted by molar-refractivity contribution is -0.114. The lowest BCUT2D eigenvalue weighted by Crippen LogP contribution is -2.39. The number of fused-ring (bicyclic) bond motifs is 1. The van der Waals surface area contributed by atoms with Gasteiger partial charge in [0.15, 0.2) is 0 Å². The number of nitrogens with one attached hydrogen (secondary N) is 1. The number of carbonyl (C=O) groups excluding carboxylic acids is 3. The Morgan fingerprint density at radius 3 is 2.31 bits per heavy atom. The number of Topliss-reactive ketones (excluding diaryl/α,β-unsaturated/α-hetero) is 1. The molecule has 6 nitrogen and oxygen atoms in total. The number of nitrogens with two attached hydrogens (primary N) is 1. The fourth-order valence-corrected chi connectivity index (χ4v) is 4.63. The van der Waals surface area contributed by atoms with Crippen LogP contribution in [0.2, 0.25) is 0 Å². The molecule has 32 heavy (non-hydrogen) atoms. The number of primary amides is 1. The van der Waals surface area contributed by atoms with Crippen LogP contribution in [0.4, 0.5) is 0 Å². The molecule has 0 aliphatic carbocycles. The fourth-order valence-electron chi connectivity index (χ4n) is 4.63. The molecule has 2 aromatic carbocycles. The van der Waals surface area contributed by atoms with Crippen molar-refractivity contribution in [1.29, 1.82) is 0 Å². The van der Waals surface area contributed by atoms with Gasteiger partial charge in [-0.1, -0.05) is 31.2 Å². The molecule has 166 valence electrons. The van der Waals surface area contributed by atoms with Gasteiger partial charge >= 0.3 is 0 Å². The number of piperidine rings is 1.